The quantitative estimate of drug-likeness (QED) is 0.536. The summed E-state index contributed by atoms with van der Waals surface area (Å²) in [4.78, 5) is 0. The molecule has 8 heteroatoms. The summed E-state index contributed by atoms with van der Waals surface area (Å²) in [6, 6.07) is -4.87. The molecule has 0 aromatic carbocycles. The van der Waals surface area contributed by atoms with Crippen LogP contribution in [-0.4, -0.2) is 12.0 Å². The first-order valence-corrected chi connectivity index (χ1v) is 12.9. The van der Waals surface area contributed by atoms with Crippen molar-refractivity contribution in [2.75, 3.05) is 0 Å². The van der Waals surface area contributed by atoms with E-state index in [4.69, 9.17) is 66.5 Å². The van der Waals surface area contributed by atoms with Gasteiger partial charge in [-0.05, 0) is 0 Å². The minimum absolute atomic E-state index is 0.387. The Hall–Kier alpha value is 1.91. The summed E-state index contributed by atoms with van der Waals surface area (Å²) < 4.78 is 0. The SMILES string of the molecule is Cl[Si](Cl)(Cl)/C=C\C[Si](Cl)(Cl)Cl. The average Bonchev–Trinajstić information content (AvgIpc) is 1.55. The van der Waals surface area contributed by atoms with E-state index in [1.165, 1.54) is 5.70 Å². The Labute approximate surface area is 95.6 Å². The summed E-state index contributed by atoms with van der Waals surface area (Å²) in [5, 5.41) is 0. The lowest BCUT2D eigenvalue weighted by molar-refractivity contribution is 1.71. The van der Waals surface area contributed by atoms with Gasteiger partial charge >= 0.3 is 12.0 Å². The molecule has 0 unspecified atom stereocenters. The van der Waals surface area contributed by atoms with Gasteiger partial charge in [0.25, 0.3) is 0 Å². The van der Waals surface area contributed by atoms with Crippen LogP contribution in [0.1, 0.15) is 0 Å². The van der Waals surface area contributed by atoms with Crippen molar-refractivity contribution in [3.8, 4) is 0 Å². The van der Waals surface area contributed by atoms with E-state index in [-0.39, 0.29) is 0 Å². The fourth-order valence-electron chi connectivity index (χ4n) is 0.326. The van der Waals surface area contributed by atoms with Gasteiger partial charge in [0.1, 0.15) is 0 Å². The number of hydrogen-bond donors (Lipinski definition) is 0. The molecule has 0 nitrogen and oxygen atoms in total. The van der Waals surface area contributed by atoms with E-state index in [1.54, 1.807) is 6.08 Å². The molecule has 0 aliphatic rings. The highest BCUT2D eigenvalue weighted by Crippen LogP contribution is 2.27. The van der Waals surface area contributed by atoms with Crippen molar-refractivity contribution in [2.24, 2.45) is 0 Å². The second-order valence-electron chi connectivity index (χ2n) is 1.76. The molecular formula is C3H4Cl6Si2. The summed E-state index contributed by atoms with van der Waals surface area (Å²) in [7, 11) is 0. The maximum Gasteiger partial charge on any atom is 0.365 e. The van der Waals surface area contributed by atoms with Gasteiger partial charge in [0, 0.05) is 6.04 Å². The van der Waals surface area contributed by atoms with Crippen LogP contribution < -0.4 is 0 Å². The lowest BCUT2D eigenvalue weighted by atomic mass is 10.8. The van der Waals surface area contributed by atoms with Crippen molar-refractivity contribution in [3.05, 3.63) is 11.8 Å². The second kappa shape index (κ2) is 4.96. The van der Waals surface area contributed by atoms with Crippen molar-refractivity contribution in [1.82, 2.24) is 0 Å². The summed E-state index contributed by atoms with van der Waals surface area (Å²) in [5.74, 6) is 0. The number of allylic oxidation sites excluding steroid dienone is 1. The fourth-order valence-corrected chi connectivity index (χ4v) is 2.94. The summed E-state index contributed by atoms with van der Waals surface area (Å²) in [5.41, 5.74) is 1.51. The van der Waals surface area contributed by atoms with Gasteiger partial charge in [-0.15, -0.1) is 66.5 Å². The van der Waals surface area contributed by atoms with Gasteiger partial charge in [0.2, 0.25) is 0 Å². The number of hydrogen-bond acceptors (Lipinski definition) is 0. The van der Waals surface area contributed by atoms with Gasteiger partial charge in [0.05, 0.1) is 0 Å². The predicted molar refractivity (Wildman–Crippen MR) is 60.6 cm³/mol. The van der Waals surface area contributed by atoms with Crippen molar-refractivity contribution < 1.29 is 0 Å². The monoisotopic (exact) mass is 306 g/mol. The van der Waals surface area contributed by atoms with E-state index in [1.807, 2.05) is 0 Å². The first-order chi connectivity index (χ1) is 4.71. The molecule has 0 aromatic rings. The molecule has 0 N–H and O–H groups in total. The van der Waals surface area contributed by atoms with E-state index < -0.39 is 12.0 Å². The molecule has 0 atom stereocenters. The third-order valence-electron chi connectivity index (χ3n) is 0.656. The third kappa shape index (κ3) is 11.9. The maximum absolute atomic E-state index is 5.57. The molecule has 0 rings (SSSR count). The minimum atomic E-state index is -2.67. The first kappa shape index (κ1) is 12.9. The minimum Gasteiger partial charge on any atom is -0.126 e. The van der Waals surface area contributed by atoms with E-state index >= 15 is 0 Å². The lowest BCUT2D eigenvalue weighted by Crippen LogP contribution is -2.08. The van der Waals surface area contributed by atoms with Crippen LogP contribution in [0, 0.1) is 0 Å². The Kier molecular flexibility index (Phi) is 5.82. The predicted octanol–water partition coefficient (Wildman–Crippen LogP) is 4.39. The highest BCUT2D eigenvalue weighted by Gasteiger charge is 2.25. The Morgan fingerprint density at radius 1 is 0.909 bits per heavy atom. The van der Waals surface area contributed by atoms with Crippen molar-refractivity contribution in [1.29, 1.82) is 0 Å². The van der Waals surface area contributed by atoms with Crippen LogP contribution in [0.4, 0.5) is 0 Å². The molecule has 11 heavy (non-hydrogen) atoms. The summed E-state index contributed by atoms with van der Waals surface area (Å²) in [6.07, 6.45) is 1.62. The normalized spacial score (nSPS) is 14.4. The Morgan fingerprint density at radius 3 is 1.64 bits per heavy atom. The zero-order valence-electron chi connectivity index (χ0n) is 5.13. The third-order valence-corrected chi connectivity index (χ3v) is 4.49. The van der Waals surface area contributed by atoms with E-state index in [2.05, 4.69) is 0 Å². The Balaban J connectivity index is 3.80. The molecule has 0 heterocycles. The van der Waals surface area contributed by atoms with Crippen LogP contribution in [0.5, 0.6) is 0 Å². The van der Waals surface area contributed by atoms with Gasteiger partial charge in [-0.3, -0.25) is 0 Å². The van der Waals surface area contributed by atoms with E-state index in [0.717, 1.165) is 0 Å². The zero-order chi connectivity index (χ0) is 9.12. The molecule has 0 aliphatic heterocycles. The van der Waals surface area contributed by atoms with Crippen molar-refractivity contribution in [3.63, 3.8) is 0 Å². The molecule has 0 fully saturated rings. The second-order valence-corrected chi connectivity index (χ2v) is 19.5. The summed E-state index contributed by atoms with van der Waals surface area (Å²) in [6.45, 7) is 0. The van der Waals surface area contributed by atoms with Gasteiger partial charge in [0.15, 0.2) is 0 Å². The largest absolute Gasteiger partial charge is 0.365 e. The topological polar surface area (TPSA) is 0 Å². The molecule has 0 saturated carbocycles. The van der Waals surface area contributed by atoms with Crippen LogP contribution in [0.25, 0.3) is 0 Å². The number of halogens is 6. The van der Waals surface area contributed by atoms with Crippen LogP contribution in [0.2, 0.25) is 6.04 Å². The average molecular weight is 309 g/mol. The molecule has 0 aliphatic carbocycles. The molecule has 0 radical (unpaired) electrons. The van der Waals surface area contributed by atoms with Crippen LogP contribution in [0.3, 0.4) is 0 Å². The zero-order valence-corrected chi connectivity index (χ0v) is 11.7. The molecule has 0 spiro atoms. The first-order valence-electron chi connectivity index (χ1n) is 2.52. The lowest BCUT2D eigenvalue weighted by Gasteiger charge is -2.03. The Bertz CT molecular complexity index is 143. The van der Waals surface area contributed by atoms with Gasteiger partial charge < -0.3 is 0 Å². The Morgan fingerprint density at radius 2 is 1.36 bits per heavy atom. The van der Waals surface area contributed by atoms with Gasteiger partial charge in [-0.2, -0.15) is 0 Å². The molecule has 0 amide bonds. The van der Waals surface area contributed by atoms with E-state index in [9.17, 15) is 0 Å². The maximum atomic E-state index is 5.57. The fraction of sp³-hybridized carbons (Fsp3) is 0.333. The van der Waals surface area contributed by atoms with Crippen molar-refractivity contribution >= 4 is 78.5 Å². The van der Waals surface area contributed by atoms with Gasteiger partial charge in [-0.1, -0.05) is 11.8 Å². The molecule has 0 bridgehead atoms. The van der Waals surface area contributed by atoms with Gasteiger partial charge in [-0.25, -0.2) is 0 Å². The summed E-state index contributed by atoms with van der Waals surface area (Å²) >= 11 is 33.3. The van der Waals surface area contributed by atoms with Crippen LogP contribution in [0.15, 0.2) is 11.8 Å². The van der Waals surface area contributed by atoms with Crippen LogP contribution >= 0.6 is 66.5 Å². The highest BCUT2D eigenvalue weighted by molar-refractivity contribution is 7.67. The van der Waals surface area contributed by atoms with E-state index in [0.29, 0.717) is 6.04 Å². The van der Waals surface area contributed by atoms with Crippen LogP contribution in [-0.2, 0) is 0 Å². The molecule has 0 saturated heterocycles. The molecule has 66 valence electrons. The number of rotatable bonds is 3. The highest BCUT2D eigenvalue weighted by atomic mass is 35.8. The standard InChI is InChI=1S/C3H4Cl6Si2/c4-10(5,6)2-1-3-11(7,8)9/h1-2H,3H2/b2-1-. The molecule has 0 aromatic heterocycles. The molecular weight excluding hydrogens is 305 g/mol. The van der Waals surface area contributed by atoms with Crippen molar-refractivity contribution in [2.45, 2.75) is 6.04 Å². The smallest absolute Gasteiger partial charge is 0.126 e.